The molecule has 102 valence electrons. The Morgan fingerprint density at radius 3 is 2.67 bits per heavy atom. The molecule has 1 saturated heterocycles. The number of rotatable bonds is 5. The Hall–Kier alpha value is -0.580. The van der Waals surface area contributed by atoms with Gasteiger partial charge in [0.15, 0.2) is 5.15 Å². The van der Waals surface area contributed by atoms with E-state index in [1.165, 1.54) is 6.42 Å². The van der Waals surface area contributed by atoms with Gasteiger partial charge in [-0.2, -0.15) is 0 Å². The van der Waals surface area contributed by atoms with Crippen LogP contribution in [0, 0.1) is 0 Å². The summed E-state index contributed by atoms with van der Waals surface area (Å²) < 4.78 is 0. The lowest BCUT2D eigenvalue weighted by molar-refractivity contribution is 0.147. The molecule has 0 saturated carbocycles. The van der Waals surface area contributed by atoms with Gasteiger partial charge in [0.2, 0.25) is 0 Å². The second-order valence-corrected chi connectivity index (χ2v) is 5.49. The van der Waals surface area contributed by atoms with Crippen LogP contribution in [-0.2, 0) is 13.0 Å². The number of aromatic nitrogens is 2. The number of nitrogens with one attached hydrogen (secondary N) is 1. The molecule has 1 aliphatic rings. The summed E-state index contributed by atoms with van der Waals surface area (Å²) in [4.78, 5) is 12.6. The molecule has 5 heteroatoms. The van der Waals surface area contributed by atoms with Crippen molar-refractivity contribution >= 4 is 11.6 Å². The Bertz CT molecular complexity index is 369. The van der Waals surface area contributed by atoms with Crippen molar-refractivity contribution in [1.82, 2.24) is 19.8 Å². The van der Waals surface area contributed by atoms with Gasteiger partial charge < -0.3 is 9.88 Å². The molecule has 0 spiro atoms. The fourth-order valence-corrected chi connectivity index (χ4v) is 2.45. The number of unbranched alkanes of at least 4 members (excludes halogenated alkanes) is 1. The quantitative estimate of drug-likeness (QED) is 0.891. The lowest BCUT2D eigenvalue weighted by Crippen LogP contribution is -2.43. The van der Waals surface area contributed by atoms with E-state index in [9.17, 15) is 0 Å². The highest BCUT2D eigenvalue weighted by atomic mass is 35.5. The van der Waals surface area contributed by atoms with Crippen LogP contribution in [0.3, 0.4) is 0 Å². The van der Waals surface area contributed by atoms with Crippen LogP contribution in [0.5, 0.6) is 0 Å². The molecule has 0 aromatic carbocycles. The number of piperazine rings is 1. The van der Waals surface area contributed by atoms with Crippen LogP contribution >= 0.6 is 11.6 Å². The fraction of sp³-hybridized carbons (Fsp3) is 0.769. The van der Waals surface area contributed by atoms with Gasteiger partial charge in [-0.3, -0.25) is 4.90 Å². The topological polar surface area (TPSA) is 35.2 Å². The van der Waals surface area contributed by atoms with Crippen LogP contribution in [0.1, 0.15) is 31.3 Å². The van der Waals surface area contributed by atoms with E-state index in [1.54, 1.807) is 0 Å². The van der Waals surface area contributed by atoms with E-state index in [-0.39, 0.29) is 0 Å². The maximum atomic E-state index is 6.19. The lowest BCUT2D eigenvalue weighted by Gasteiger charge is -2.31. The zero-order valence-electron chi connectivity index (χ0n) is 11.4. The van der Waals surface area contributed by atoms with Crippen LogP contribution in [-0.4, -0.2) is 53.0 Å². The van der Waals surface area contributed by atoms with Crippen molar-refractivity contribution in [2.45, 2.75) is 32.7 Å². The number of likely N-dealkylation sites (N-methyl/N-ethyl adjacent to an activating group) is 1. The Balaban J connectivity index is 1.90. The minimum Gasteiger partial charge on any atom is -0.344 e. The van der Waals surface area contributed by atoms with Crippen LogP contribution in [0.15, 0.2) is 0 Å². The average molecular weight is 271 g/mol. The molecule has 0 radical (unpaired) electrons. The molecule has 2 heterocycles. The summed E-state index contributed by atoms with van der Waals surface area (Å²) >= 11 is 6.19. The second-order valence-electron chi connectivity index (χ2n) is 5.14. The van der Waals surface area contributed by atoms with Crippen molar-refractivity contribution in [2.24, 2.45) is 0 Å². The summed E-state index contributed by atoms with van der Waals surface area (Å²) in [7, 11) is 2.17. The summed E-state index contributed by atoms with van der Waals surface area (Å²) in [5.74, 6) is 1.03. The molecule has 0 bridgehead atoms. The second kappa shape index (κ2) is 6.55. The molecule has 0 amide bonds. The van der Waals surface area contributed by atoms with Gasteiger partial charge in [0, 0.05) is 39.1 Å². The van der Waals surface area contributed by atoms with Crippen LogP contribution in [0.4, 0.5) is 0 Å². The van der Waals surface area contributed by atoms with Crippen molar-refractivity contribution in [3.8, 4) is 0 Å². The highest BCUT2D eigenvalue weighted by molar-refractivity contribution is 6.30. The molecule has 0 atom stereocenters. The largest absolute Gasteiger partial charge is 0.344 e. The molecule has 0 aliphatic carbocycles. The number of imidazole rings is 1. The number of aromatic amines is 1. The van der Waals surface area contributed by atoms with E-state index in [0.29, 0.717) is 5.15 Å². The standard InChI is InChI=1S/C13H23ClN4/c1-3-4-5-12-15-11(13(14)16-12)10-18-8-6-17(2)7-9-18/h3-10H2,1-2H3,(H,15,16). The summed E-state index contributed by atoms with van der Waals surface area (Å²) in [5, 5.41) is 0.653. The number of halogens is 1. The average Bonchev–Trinajstić information content (AvgIpc) is 2.70. The zero-order valence-corrected chi connectivity index (χ0v) is 12.1. The van der Waals surface area contributed by atoms with Gasteiger partial charge in [-0.1, -0.05) is 24.9 Å². The maximum Gasteiger partial charge on any atom is 0.151 e. The van der Waals surface area contributed by atoms with Gasteiger partial charge in [-0.25, -0.2) is 4.98 Å². The highest BCUT2D eigenvalue weighted by Gasteiger charge is 2.16. The van der Waals surface area contributed by atoms with Gasteiger partial charge >= 0.3 is 0 Å². The molecule has 1 aliphatic heterocycles. The van der Waals surface area contributed by atoms with Crippen molar-refractivity contribution < 1.29 is 0 Å². The van der Waals surface area contributed by atoms with Crippen molar-refractivity contribution in [3.05, 3.63) is 16.7 Å². The van der Waals surface area contributed by atoms with E-state index in [1.807, 2.05) is 0 Å². The van der Waals surface area contributed by atoms with Crippen LogP contribution in [0.25, 0.3) is 0 Å². The monoisotopic (exact) mass is 270 g/mol. The van der Waals surface area contributed by atoms with Crippen molar-refractivity contribution in [1.29, 1.82) is 0 Å². The van der Waals surface area contributed by atoms with Gasteiger partial charge in [0.05, 0.1) is 5.69 Å². The Morgan fingerprint density at radius 1 is 1.28 bits per heavy atom. The first kappa shape index (κ1) is 13.8. The summed E-state index contributed by atoms with van der Waals surface area (Å²) in [6, 6.07) is 0. The molecule has 1 aromatic heterocycles. The van der Waals surface area contributed by atoms with Crippen LogP contribution < -0.4 is 0 Å². The summed E-state index contributed by atoms with van der Waals surface area (Å²) in [5.41, 5.74) is 1.08. The van der Waals surface area contributed by atoms with E-state index >= 15 is 0 Å². The minimum absolute atomic E-state index is 0.653. The van der Waals surface area contributed by atoms with Gasteiger partial charge in [-0.05, 0) is 13.5 Å². The maximum absolute atomic E-state index is 6.19. The number of aryl methyl sites for hydroxylation is 1. The van der Waals surface area contributed by atoms with E-state index in [0.717, 1.165) is 57.1 Å². The molecule has 0 unspecified atom stereocenters. The van der Waals surface area contributed by atoms with E-state index in [4.69, 9.17) is 11.6 Å². The SMILES string of the molecule is CCCCc1nc(Cl)c(CN2CCN(C)CC2)[nH]1. The molecular weight excluding hydrogens is 248 g/mol. The minimum atomic E-state index is 0.653. The third kappa shape index (κ3) is 3.70. The predicted molar refractivity (Wildman–Crippen MR) is 75.0 cm³/mol. The first-order valence-electron chi connectivity index (χ1n) is 6.83. The molecule has 1 aromatic rings. The normalized spacial score (nSPS) is 18.4. The number of nitrogens with zero attached hydrogens (tertiary/aromatic N) is 3. The predicted octanol–water partition coefficient (Wildman–Crippen LogP) is 2.15. The Labute approximate surface area is 114 Å². The number of hydrogen-bond donors (Lipinski definition) is 1. The van der Waals surface area contributed by atoms with E-state index in [2.05, 4.69) is 33.7 Å². The smallest absolute Gasteiger partial charge is 0.151 e. The number of hydrogen-bond acceptors (Lipinski definition) is 3. The lowest BCUT2D eigenvalue weighted by atomic mass is 10.2. The van der Waals surface area contributed by atoms with Gasteiger partial charge in [-0.15, -0.1) is 0 Å². The van der Waals surface area contributed by atoms with Crippen molar-refractivity contribution in [2.75, 3.05) is 33.2 Å². The molecule has 1 fully saturated rings. The molecule has 2 rings (SSSR count). The first-order valence-corrected chi connectivity index (χ1v) is 7.21. The molecule has 18 heavy (non-hydrogen) atoms. The van der Waals surface area contributed by atoms with Crippen LogP contribution in [0.2, 0.25) is 5.15 Å². The first-order chi connectivity index (χ1) is 8.69. The fourth-order valence-electron chi connectivity index (χ4n) is 2.24. The molecular formula is C13H23ClN4. The summed E-state index contributed by atoms with van der Waals surface area (Å²) in [6.45, 7) is 7.57. The van der Waals surface area contributed by atoms with Gasteiger partial charge in [0.25, 0.3) is 0 Å². The van der Waals surface area contributed by atoms with Gasteiger partial charge in [0.1, 0.15) is 5.82 Å². The van der Waals surface area contributed by atoms with E-state index < -0.39 is 0 Å². The Morgan fingerprint density at radius 2 is 2.00 bits per heavy atom. The van der Waals surface area contributed by atoms with Crippen molar-refractivity contribution in [3.63, 3.8) is 0 Å². The zero-order chi connectivity index (χ0) is 13.0. The third-order valence-corrected chi connectivity index (χ3v) is 3.83. The highest BCUT2D eigenvalue weighted by Crippen LogP contribution is 2.17. The number of H-pyrrole nitrogens is 1. The molecule has 4 nitrogen and oxygen atoms in total. The summed E-state index contributed by atoms with van der Waals surface area (Å²) in [6.07, 6.45) is 3.35. The molecule has 1 N–H and O–H groups in total. The Kier molecular flexibility index (Phi) is 5.03. The third-order valence-electron chi connectivity index (χ3n) is 3.52.